The van der Waals surface area contributed by atoms with Gasteiger partial charge in [-0.15, -0.1) is 0 Å². The normalized spacial score (nSPS) is 14.3. The molecule has 0 amide bonds. The van der Waals surface area contributed by atoms with Crippen LogP contribution in [-0.4, -0.2) is 35.0 Å². The molecule has 1 unspecified atom stereocenters. The number of nitrogens with zero attached hydrogens (tertiary/aromatic N) is 2. The first-order valence-corrected chi connectivity index (χ1v) is 5.27. The average molecular weight is 249 g/mol. The van der Waals surface area contributed by atoms with Crippen molar-refractivity contribution in [2.24, 2.45) is 10.7 Å². The summed E-state index contributed by atoms with van der Waals surface area (Å²) in [5, 5.41) is 9.07. The number of aromatic nitrogens is 1. The number of carboxylic acid groups (broad SMARTS) is 1. The zero-order chi connectivity index (χ0) is 13.5. The molecule has 0 saturated carbocycles. The van der Waals surface area contributed by atoms with E-state index in [2.05, 4.69) is 9.98 Å². The van der Waals surface area contributed by atoms with Gasteiger partial charge in [0.15, 0.2) is 0 Å². The maximum atomic E-state index is 11.1. The van der Waals surface area contributed by atoms with Crippen LogP contribution in [0.4, 0.5) is 5.69 Å². The van der Waals surface area contributed by atoms with Gasteiger partial charge in [-0.1, -0.05) is 0 Å². The molecule has 1 rings (SSSR count). The molecule has 18 heavy (non-hydrogen) atoms. The third-order valence-corrected chi connectivity index (χ3v) is 2.31. The molecule has 0 saturated heterocycles. The van der Waals surface area contributed by atoms with Gasteiger partial charge in [0.05, 0.1) is 29.3 Å². The molecule has 1 aromatic heterocycles. The first-order chi connectivity index (χ1) is 8.60. The number of carboxylic acids is 1. The van der Waals surface area contributed by atoms with Crippen molar-refractivity contribution in [3.8, 4) is 0 Å². The van der Waals surface area contributed by atoms with Crippen molar-refractivity contribution >= 4 is 17.4 Å². The lowest BCUT2D eigenvalue weighted by Crippen LogP contribution is -2.26. The van der Waals surface area contributed by atoms with E-state index in [0.717, 1.165) is 6.20 Å². The SMILES string of the molecule is COC(C)C(=Nc1cccnc1)/C(=C\N)C(=O)O. The number of hydrogen-bond acceptors (Lipinski definition) is 5. The maximum Gasteiger partial charge on any atom is 0.339 e. The third-order valence-electron chi connectivity index (χ3n) is 2.31. The summed E-state index contributed by atoms with van der Waals surface area (Å²) in [6.07, 6.45) is 3.65. The molecule has 0 radical (unpaired) electrons. The van der Waals surface area contributed by atoms with Crippen LogP contribution < -0.4 is 5.73 Å². The van der Waals surface area contributed by atoms with Gasteiger partial charge in [0.1, 0.15) is 0 Å². The molecule has 3 N–H and O–H groups in total. The van der Waals surface area contributed by atoms with Gasteiger partial charge in [-0.2, -0.15) is 0 Å². The number of nitrogens with two attached hydrogens (primary N) is 1. The van der Waals surface area contributed by atoms with Gasteiger partial charge in [0.2, 0.25) is 0 Å². The summed E-state index contributed by atoms with van der Waals surface area (Å²) in [6, 6.07) is 3.42. The van der Waals surface area contributed by atoms with E-state index in [-0.39, 0.29) is 11.3 Å². The van der Waals surface area contributed by atoms with E-state index in [9.17, 15) is 4.79 Å². The number of methoxy groups -OCH3 is 1. The summed E-state index contributed by atoms with van der Waals surface area (Å²) in [4.78, 5) is 19.2. The van der Waals surface area contributed by atoms with Crippen molar-refractivity contribution in [1.29, 1.82) is 0 Å². The van der Waals surface area contributed by atoms with E-state index in [4.69, 9.17) is 15.6 Å². The molecule has 6 nitrogen and oxygen atoms in total. The first kappa shape index (κ1) is 13.9. The number of pyridine rings is 1. The van der Waals surface area contributed by atoms with Crippen LogP contribution in [0.5, 0.6) is 0 Å². The van der Waals surface area contributed by atoms with Crippen LogP contribution in [0.15, 0.2) is 41.3 Å². The van der Waals surface area contributed by atoms with Crippen molar-refractivity contribution in [3.63, 3.8) is 0 Å². The predicted molar refractivity (Wildman–Crippen MR) is 67.7 cm³/mol. The molecule has 6 heteroatoms. The van der Waals surface area contributed by atoms with Crippen LogP contribution in [0.1, 0.15) is 6.92 Å². The Bertz CT molecular complexity index is 469. The van der Waals surface area contributed by atoms with E-state index in [1.807, 2.05) is 0 Å². The lowest BCUT2D eigenvalue weighted by atomic mass is 10.1. The summed E-state index contributed by atoms with van der Waals surface area (Å²) >= 11 is 0. The molecule has 96 valence electrons. The minimum Gasteiger partial charge on any atom is -0.478 e. The molecule has 1 heterocycles. The molecular weight excluding hydrogens is 234 g/mol. The van der Waals surface area contributed by atoms with Crippen LogP contribution in [0.3, 0.4) is 0 Å². The van der Waals surface area contributed by atoms with Gasteiger partial charge in [0, 0.05) is 19.5 Å². The quantitative estimate of drug-likeness (QED) is 0.601. The Hall–Kier alpha value is -2.21. The molecule has 0 bridgehead atoms. The average Bonchev–Trinajstić information content (AvgIpc) is 2.38. The second kappa shape index (κ2) is 6.51. The van der Waals surface area contributed by atoms with Gasteiger partial charge in [0.25, 0.3) is 0 Å². The Morgan fingerprint density at radius 3 is 2.83 bits per heavy atom. The van der Waals surface area contributed by atoms with E-state index in [0.29, 0.717) is 5.69 Å². The smallest absolute Gasteiger partial charge is 0.339 e. The molecule has 1 atom stereocenters. The lowest BCUT2D eigenvalue weighted by Gasteiger charge is -2.13. The lowest BCUT2D eigenvalue weighted by molar-refractivity contribution is -0.132. The molecule has 0 aliphatic carbocycles. The minimum atomic E-state index is -1.15. The highest BCUT2D eigenvalue weighted by Crippen LogP contribution is 2.14. The first-order valence-electron chi connectivity index (χ1n) is 5.27. The zero-order valence-corrected chi connectivity index (χ0v) is 10.2. The maximum absolute atomic E-state index is 11.1. The summed E-state index contributed by atoms with van der Waals surface area (Å²) < 4.78 is 5.11. The topological polar surface area (TPSA) is 97.8 Å². The third kappa shape index (κ3) is 3.39. The second-order valence-electron chi connectivity index (χ2n) is 3.47. The summed E-state index contributed by atoms with van der Waals surface area (Å²) in [6.45, 7) is 1.70. The fraction of sp³-hybridized carbons (Fsp3) is 0.250. The van der Waals surface area contributed by atoms with E-state index >= 15 is 0 Å². The van der Waals surface area contributed by atoms with Gasteiger partial charge in [-0.05, 0) is 19.1 Å². The second-order valence-corrected chi connectivity index (χ2v) is 3.47. The molecule has 0 aromatic carbocycles. The van der Waals surface area contributed by atoms with Crippen molar-refractivity contribution in [3.05, 3.63) is 36.3 Å². The van der Waals surface area contributed by atoms with Gasteiger partial charge in [-0.25, -0.2) is 9.79 Å². The molecule has 0 aliphatic rings. The van der Waals surface area contributed by atoms with Crippen LogP contribution in [0.25, 0.3) is 0 Å². The highest BCUT2D eigenvalue weighted by atomic mass is 16.5. The highest BCUT2D eigenvalue weighted by molar-refractivity contribution is 6.21. The fourth-order valence-corrected chi connectivity index (χ4v) is 1.31. The summed E-state index contributed by atoms with van der Waals surface area (Å²) in [7, 11) is 1.47. The number of aliphatic imine (C=N–C) groups is 1. The Balaban J connectivity index is 3.22. The Labute approximate surface area is 105 Å². The Kier molecular flexibility index (Phi) is 5.01. The predicted octanol–water partition coefficient (Wildman–Crippen LogP) is 1.12. The summed E-state index contributed by atoms with van der Waals surface area (Å²) in [5.74, 6) is -1.15. The number of carbonyl (C=O) groups is 1. The fourth-order valence-electron chi connectivity index (χ4n) is 1.31. The van der Waals surface area contributed by atoms with Gasteiger partial charge < -0.3 is 15.6 Å². The number of aliphatic carboxylic acids is 1. The molecule has 0 spiro atoms. The van der Waals surface area contributed by atoms with Crippen molar-refractivity contribution in [1.82, 2.24) is 4.98 Å². The van der Waals surface area contributed by atoms with Crippen LogP contribution >= 0.6 is 0 Å². The summed E-state index contributed by atoms with van der Waals surface area (Å²) in [5.41, 5.74) is 6.03. The molecule has 0 aliphatic heterocycles. The van der Waals surface area contributed by atoms with Crippen molar-refractivity contribution in [2.45, 2.75) is 13.0 Å². The molecular formula is C12H15N3O3. The monoisotopic (exact) mass is 249 g/mol. The molecule has 0 fully saturated rings. The zero-order valence-electron chi connectivity index (χ0n) is 10.2. The largest absolute Gasteiger partial charge is 0.478 e. The van der Waals surface area contributed by atoms with Crippen LogP contribution in [0, 0.1) is 0 Å². The van der Waals surface area contributed by atoms with Gasteiger partial charge in [-0.3, -0.25) is 4.98 Å². The van der Waals surface area contributed by atoms with E-state index < -0.39 is 12.1 Å². The van der Waals surface area contributed by atoms with Crippen LogP contribution in [0.2, 0.25) is 0 Å². The van der Waals surface area contributed by atoms with Crippen molar-refractivity contribution in [2.75, 3.05) is 7.11 Å². The highest BCUT2D eigenvalue weighted by Gasteiger charge is 2.20. The van der Waals surface area contributed by atoms with E-state index in [1.54, 1.807) is 25.3 Å². The van der Waals surface area contributed by atoms with Gasteiger partial charge >= 0.3 is 5.97 Å². The number of rotatable bonds is 5. The van der Waals surface area contributed by atoms with E-state index in [1.165, 1.54) is 13.3 Å². The minimum absolute atomic E-state index is 0.0896. The Morgan fingerprint density at radius 1 is 1.67 bits per heavy atom. The number of ether oxygens (including phenoxy) is 1. The van der Waals surface area contributed by atoms with Crippen molar-refractivity contribution < 1.29 is 14.6 Å². The Morgan fingerprint density at radius 2 is 2.39 bits per heavy atom. The van der Waals surface area contributed by atoms with Crippen LogP contribution in [-0.2, 0) is 9.53 Å². The standard InChI is InChI=1S/C12H15N3O3/c1-8(18-2)11(10(6-13)12(16)17)15-9-4-3-5-14-7-9/h3-8H,13H2,1-2H3,(H,16,17)/b10-6+,15-11?. The number of hydrogen-bond donors (Lipinski definition) is 2. The molecule has 1 aromatic rings.